The van der Waals surface area contributed by atoms with Crippen molar-refractivity contribution >= 4 is 23.2 Å². The monoisotopic (exact) mass is 252 g/mol. The number of hydrogen-bond donors (Lipinski definition) is 1. The predicted octanol–water partition coefficient (Wildman–Crippen LogP) is 2.23. The number of hydrogen-bond acceptors (Lipinski definition) is 2. The smallest absolute Gasteiger partial charge is 0.227 e. The van der Waals surface area contributed by atoms with Gasteiger partial charge in [0, 0.05) is 23.7 Å². The number of carbonyl (C=O) groups excluding carboxylic acids is 1. The molecule has 0 saturated carbocycles. The molecule has 0 bridgehead atoms. The standard InChI is InChI=1S/C13H17ClN2O/c1-15-7-2-3-13(17)16-8-6-10-4-5-11(14)9-12(10)16/h4-5,9,15H,2-3,6-8H2,1H3. The molecule has 0 spiro atoms. The highest BCUT2D eigenvalue weighted by molar-refractivity contribution is 6.31. The van der Waals surface area contributed by atoms with Crippen LogP contribution in [0.15, 0.2) is 18.2 Å². The molecule has 0 atom stereocenters. The molecule has 17 heavy (non-hydrogen) atoms. The van der Waals surface area contributed by atoms with Crippen LogP contribution in [-0.2, 0) is 11.2 Å². The fraction of sp³-hybridized carbons (Fsp3) is 0.462. The van der Waals surface area contributed by atoms with Crippen LogP contribution in [0.3, 0.4) is 0 Å². The number of nitrogens with one attached hydrogen (secondary N) is 1. The molecule has 2 rings (SSSR count). The molecule has 0 unspecified atom stereocenters. The molecule has 1 heterocycles. The first-order valence-electron chi connectivity index (χ1n) is 5.96. The van der Waals surface area contributed by atoms with E-state index < -0.39 is 0 Å². The Morgan fingerprint density at radius 3 is 3.12 bits per heavy atom. The van der Waals surface area contributed by atoms with Gasteiger partial charge in [0.05, 0.1) is 0 Å². The van der Waals surface area contributed by atoms with E-state index in [9.17, 15) is 4.79 Å². The lowest BCUT2D eigenvalue weighted by molar-refractivity contribution is -0.118. The zero-order valence-corrected chi connectivity index (χ0v) is 10.8. The molecule has 1 amide bonds. The summed E-state index contributed by atoms with van der Waals surface area (Å²) in [5.74, 6) is 0.196. The maximum atomic E-state index is 12.0. The topological polar surface area (TPSA) is 32.3 Å². The first kappa shape index (κ1) is 12.4. The first-order chi connectivity index (χ1) is 8.22. The third-order valence-electron chi connectivity index (χ3n) is 3.06. The first-order valence-corrected chi connectivity index (χ1v) is 6.33. The largest absolute Gasteiger partial charge is 0.320 e. The van der Waals surface area contributed by atoms with Gasteiger partial charge in [-0.05, 0) is 44.1 Å². The molecule has 0 aromatic heterocycles. The van der Waals surface area contributed by atoms with Gasteiger partial charge in [-0.15, -0.1) is 0 Å². The lowest BCUT2D eigenvalue weighted by Crippen LogP contribution is -2.29. The molecule has 4 heteroatoms. The van der Waals surface area contributed by atoms with Crippen molar-refractivity contribution in [1.29, 1.82) is 0 Å². The van der Waals surface area contributed by atoms with E-state index >= 15 is 0 Å². The van der Waals surface area contributed by atoms with Gasteiger partial charge in [0.25, 0.3) is 0 Å². The summed E-state index contributed by atoms with van der Waals surface area (Å²) in [6, 6.07) is 5.79. The molecule has 3 nitrogen and oxygen atoms in total. The molecular weight excluding hydrogens is 236 g/mol. The van der Waals surface area contributed by atoms with Gasteiger partial charge in [-0.1, -0.05) is 17.7 Å². The Bertz CT molecular complexity index is 420. The molecule has 0 saturated heterocycles. The van der Waals surface area contributed by atoms with Gasteiger partial charge >= 0.3 is 0 Å². The lowest BCUT2D eigenvalue weighted by Gasteiger charge is -2.17. The summed E-state index contributed by atoms with van der Waals surface area (Å²) in [7, 11) is 1.90. The molecule has 1 aliphatic rings. The van der Waals surface area contributed by atoms with Crippen molar-refractivity contribution in [2.75, 3.05) is 25.0 Å². The molecule has 1 aliphatic heterocycles. The Balaban J connectivity index is 2.05. The summed E-state index contributed by atoms with van der Waals surface area (Å²) < 4.78 is 0. The average molecular weight is 253 g/mol. The number of anilines is 1. The van der Waals surface area contributed by atoms with Crippen molar-refractivity contribution in [3.63, 3.8) is 0 Å². The van der Waals surface area contributed by atoms with Gasteiger partial charge in [-0.2, -0.15) is 0 Å². The van der Waals surface area contributed by atoms with Crippen LogP contribution in [0.25, 0.3) is 0 Å². The van der Waals surface area contributed by atoms with Crippen molar-refractivity contribution in [3.05, 3.63) is 28.8 Å². The summed E-state index contributed by atoms with van der Waals surface area (Å²) >= 11 is 5.97. The molecule has 1 N–H and O–H groups in total. The van der Waals surface area contributed by atoms with Gasteiger partial charge in [0.2, 0.25) is 5.91 Å². The van der Waals surface area contributed by atoms with E-state index in [0.29, 0.717) is 11.4 Å². The number of rotatable bonds is 4. The minimum absolute atomic E-state index is 0.196. The fourth-order valence-corrected chi connectivity index (χ4v) is 2.33. The molecule has 1 aromatic rings. The highest BCUT2D eigenvalue weighted by Crippen LogP contribution is 2.31. The second-order valence-electron chi connectivity index (χ2n) is 4.28. The molecule has 0 fully saturated rings. The minimum atomic E-state index is 0.196. The van der Waals surface area contributed by atoms with E-state index in [-0.39, 0.29) is 5.91 Å². The van der Waals surface area contributed by atoms with E-state index in [1.165, 1.54) is 5.56 Å². The Morgan fingerprint density at radius 2 is 2.35 bits per heavy atom. The number of benzene rings is 1. The lowest BCUT2D eigenvalue weighted by atomic mass is 10.2. The van der Waals surface area contributed by atoms with Gasteiger partial charge < -0.3 is 10.2 Å². The quantitative estimate of drug-likeness (QED) is 0.834. The van der Waals surface area contributed by atoms with E-state index in [2.05, 4.69) is 5.32 Å². The number of amides is 1. The summed E-state index contributed by atoms with van der Waals surface area (Å²) in [5, 5.41) is 3.74. The van der Waals surface area contributed by atoms with Gasteiger partial charge in [-0.3, -0.25) is 4.79 Å². The number of carbonyl (C=O) groups is 1. The maximum Gasteiger partial charge on any atom is 0.227 e. The number of fused-ring (bicyclic) bond motifs is 1. The van der Waals surface area contributed by atoms with Crippen molar-refractivity contribution in [3.8, 4) is 0 Å². The van der Waals surface area contributed by atoms with Crippen LogP contribution in [0, 0.1) is 0 Å². The van der Waals surface area contributed by atoms with Crippen LogP contribution in [0.5, 0.6) is 0 Å². The zero-order valence-electron chi connectivity index (χ0n) is 10.0. The normalized spacial score (nSPS) is 13.9. The molecule has 1 aromatic carbocycles. The Hall–Kier alpha value is -1.06. The Labute approximate surface area is 107 Å². The van der Waals surface area contributed by atoms with Crippen LogP contribution >= 0.6 is 11.6 Å². The zero-order chi connectivity index (χ0) is 12.3. The van der Waals surface area contributed by atoms with Gasteiger partial charge in [0.15, 0.2) is 0 Å². The van der Waals surface area contributed by atoms with Crippen LogP contribution in [0.2, 0.25) is 5.02 Å². The van der Waals surface area contributed by atoms with Crippen molar-refractivity contribution in [1.82, 2.24) is 5.32 Å². The third-order valence-corrected chi connectivity index (χ3v) is 3.30. The van der Waals surface area contributed by atoms with E-state index in [0.717, 1.165) is 31.6 Å². The SMILES string of the molecule is CNCCCC(=O)N1CCc2ccc(Cl)cc21. The van der Waals surface area contributed by atoms with Crippen molar-refractivity contribution in [2.45, 2.75) is 19.3 Å². The van der Waals surface area contributed by atoms with Crippen LogP contribution < -0.4 is 10.2 Å². The van der Waals surface area contributed by atoms with E-state index in [4.69, 9.17) is 11.6 Å². The molecule has 0 aliphatic carbocycles. The van der Waals surface area contributed by atoms with Gasteiger partial charge in [0.1, 0.15) is 0 Å². The average Bonchev–Trinajstić information content (AvgIpc) is 2.72. The van der Waals surface area contributed by atoms with Crippen molar-refractivity contribution < 1.29 is 4.79 Å². The highest BCUT2D eigenvalue weighted by Gasteiger charge is 2.24. The third kappa shape index (κ3) is 2.79. The summed E-state index contributed by atoms with van der Waals surface area (Å²) in [5.41, 5.74) is 2.21. The minimum Gasteiger partial charge on any atom is -0.320 e. The van der Waals surface area contributed by atoms with Crippen LogP contribution in [0.4, 0.5) is 5.69 Å². The van der Waals surface area contributed by atoms with Crippen LogP contribution in [-0.4, -0.2) is 26.0 Å². The second kappa shape index (κ2) is 5.52. The van der Waals surface area contributed by atoms with E-state index in [1.807, 2.05) is 30.1 Å². The van der Waals surface area contributed by atoms with Crippen LogP contribution in [0.1, 0.15) is 18.4 Å². The Morgan fingerprint density at radius 1 is 1.53 bits per heavy atom. The molecule has 92 valence electrons. The predicted molar refractivity (Wildman–Crippen MR) is 70.7 cm³/mol. The maximum absolute atomic E-state index is 12.0. The van der Waals surface area contributed by atoms with E-state index in [1.54, 1.807) is 0 Å². The Kier molecular flexibility index (Phi) is 4.02. The molecular formula is C13H17ClN2O. The van der Waals surface area contributed by atoms with Gasteiger partial charge in [-0.25, -0.2) is 0 Å². The number of nitrogens with zero attached hydrogens (tertiary/aromatic N) is 1. The summed E-state index contributed by atoms with van der Waals surface area (Å²) in [4.78, 5) is 13.9. The number of halogens is 1. The summed E-state index contributed by atoms with van der Waals surface area (Å²) in [6.45, 7) is 1.66. The highest BCUT2D eigenvalue weighted by atomic mass is 35.5. The summed E-state index contributed by atoms with van der Waals surface area (Å²) in [6.07, 6.45) is 2.40. The second-order valence-corrected chi connectivity index (χ2v) is 4.71. The van der Waals surface area contributed by atoms with Crippen molar-refractivity contribution in [2.24, 2.45) is 0 Å². The fourth-order valence-electron chi connectivity index (χ4n) is 2.16. The molecule has 0 radical (unpaired) electrons.